The van der Waals surface area contributed by atoms with Crippen LogP contribution < -0.4 is 0 Å². The molecule has 0 aromatic carbocycles. The molecule has 0 saturated heterocycles. The van der Waals surface area contributed by atoms with Gasteiger partial charge in [-0.1, -0.05) is 25.7 Å². The number of hydrogen-bond acceptors (Lipinski definition) is 2. The molecule has 1 aliphatic rings. The summed E-state index contributed by atoms with van der Waals surface area (Å²) >= 11 is 0. The first-order valence-electron chi connectivity index (χ1n) is 4.61. The minimum absolute atomic E-state index is 0.0185. The summed E-state index contributed by atoms with van der Waals surface area (Å²) < 4.78 is 1.00. The van der Waals surface area contributed by atoms with Crippen LogP contribution in [0.2, 0.25) is 0 Å². The lowest BCUT2D eigenvalue weighted by molar-refractivity contribution is 0.0689. The van der Waals surface area contributed by atoms with Crippen molar-refractivity contribution in [1.29, 1.82) is 0 Å². The highest BCUT2D eigenvalue weighted by Crippen LogP contribution is 2.15. The second kappa shape index (κ2) is 5.21. The third-order valence-electron chi connectivity index (χ3n) is 2.11. The molecule has 1 fully saturated rings. The van der Waals surface area contributed by atoms with Gasteiger partial charge < -0.3 is 5.11 Å². The van der Waals surface area contributed by atoms with E-state index in [0.717, 1.165) is 4.57 Å². The predicted octanol–water partition coefficient (Wildman–Crippen LogP) is 1.78. The van der Waals surface area contributed by atoms with E-state index in [1.807, 2.05) is 0 Å². The topological polar surface area (TPSA) is 59.3 Å². The monoisotopic (exact) mass is 195 g/mol. The van der Waals surface area contributed by atoms with Gasteiger partial charge in [-0.05, 0) is 12.1 Å². The second-order valence-electron chi connectivity index (χ2n) is 3.13. The van der Waals surface area contributed by atoms with Crippen LogP contribution in [0.1, 0.15) is 36.2 Å². The number of aromatic carboxylic acids is 1. The van der Waals surface area contributed by atoms with Gasteiger partial charge >= 0.3 is 5.97 Å². The number of aromatic nitrogens is 1. The summed E-state index contributed by atoms with van der Waals surface area (Å²) in [7, 11) is 0. The van der Waals surface area contributed by atoms with Crippen molar-refractivity contribution in [2.24, 2.45) is 0 Å². The van der Waals surface area contributed by atoms with Crippen molar-refractivity contribution in [3.63, 3.8) is 0 Å². The van der Waals surface area contributed by atoms with E-state index in [1.165, 1.54) is 44.0 Å². The van der Waals surface area contributed by atoms with E-state index in [-0.39, 0.29) is 5.69 Å². The number of carbonyl (C=O) groups is 2. The molecule has 1 N–H and O–H groups in total. The fraction of sp³-hybridized carbons (Fsp3) is 0.400. The maximum absolute atomic E-state index is 10.3. The van der Waals surface area contributed by atoms with Crippen molar-refractivity contribution in [2.75, 3.05) is 0 Å². The highest BCUT2D eigenvalue weighted by molar-refractivity contribution is 5.88. The molecule has 4 heteroatoms. The lowest BCUT2D eigenvalue weighted by atomic mass is 10.0. The molecule has 0 bridgehead atoms. The Morgan fingerprint density at radius 3 is 2.21 bits per heavy atom. The Morgan fingerprint density at radius 1 is 1.36 bits per heavy atom. The molecule has 0 unspecified atom stereocenters. The van der Waals surface area contributed by atoms with E-state index in [1.54, 1.807) is 0 Å². The smallest absolute Gasteiger partial charge is 0.352 e. The van der Waals surface area contributed by atoms with Crippen molar-refractivity contribution in [3.05, 3.63) is 24.0 Å². The minimum atomic E-state index is -1.10. The summed E-state index contributed by atoms with van der Waals surface area (Å²) in [6.45, 7) is 0. The number of hydrogen-bond donors (Lipinski definition) is 1. The molecule has 1 heterocycles. The third-order valence-corrected chi connectivity index (χ3v) is 2.11. The van der Waals surface area contributed by atoms with Crippen molar-refractivity contribution < 1.29 is 14.7 Å². The molecule has 14 heavy (non-hydrogen) atoms. The van der Waals surface area contributed by atoms with Gasteiger partial charge in [0, 0.05) is 6.20 Å². The third kappa shape index (κ3) is 2.73. The van der Waals surface area contributed by atoms with Crippen LogP contribution in [0.25, 0.3) is 0 Å². The summed E-state index contributed by atoms with van der Waals surface area (Å²) in [6, 6.07) is 2.86. The first kappa shape index (κ1) is 10.5. The second-order valence-corrected chi connectivity index (χ2v) is 3.13. The van der Waals surface area contributed by atoms with Crippen LogP contribution >= 0.6 is 0 Å². The zero-order valence-corrected chi connectivity index (χ0v) is 7.85. The van der Waals surface area contributed by atoms with E-state index in [4.69, 9.17) is 5.11 Å². The van der Waals surface area contributed by atoms with Gasteiger partial charge in [0.25, 0.3) is 0 Å². The number of nitrogens with zero attached hydrogens (tertiary/aromatic N) is 1. The molecule has 1 aromatic heterocycles. The Morgan fingerprint density at radius 2 is 1.93 bits per heavy atom. The summed E-state index contributed by atoms with van der Waals surface area (Å²) in [5, 5.41) is 8.41. The van der Waals surface area contributed by atoms with Crippen LogP contribution in [0.3, 0.4) is 0 Å². The molecule has 1 aromatic rings. The quantitative estimate of drug-likeness (QED) is 0.732. The molecule has 76 valence electrons. The normalized spacial score (nSPS) is 13.4. The average molecular weight is 195 g/mol. The zero-order valence-electron chi connectivity index (χ0n) is 7.85. The molecule has 1 saturated carbocycles. The first-order chi connectivity index (χ1) is 6.75. The van der Waals surface area contributed by atoms with Crippen LogP contribution in [-0.2, 0) is 4.79 Å². The maximum atomic E-state index is 10.3. The van der Waals surface area contributed by atoms with Crippen LogP contribution in [0, 0.1) is 0 Å². The lowest BCUT2D eigenvalue weighted by Crippen LogP contribution is -2.05. The minimum Gasteiger partial charge on any atom is -0.477 e. The van der Waals surface area contributed by atoms with Gasteiger partial charge in [0.2, 0.25) is 6.41 Å². The molecule has 0 radical (unpaired) electrons. The summed E-state index contributed by atoms with van der Waals surface area (Å²) in [5.41, 5.74) is -0.0185. The molecule has 1 aliphatic carbocycles. The molecular weight excluding hydrogens is 182 g/mol. The van der Waals surface area contributed by atoms with Gasteiger partial charge in [-0.15, -0.1) is 0 Å². The molecule has 0 atom stereocenters. The first-order valence-corrected chi connectivity index (χ1v) is 4.61. The van der Waals surface area contributed by atoms with Gasteiger partial charge in [0.1, 0.15) is 5.69 Å². The fourth-order valence-electron chi connectivity index (χ4n) is 0.917. The predicted molar refractivity (Wildman–Crippen MR) is 52.0 cm³/mol. The van der Waals surface area contributed by atoms with Crippen LogP contribution in [0.15, 0.2) is 18.3 Å². The maximum Gasteiger partial charge on any atom is 0.352 e. The number of carboxylic acid groups (broad SMARTS) is 1. The highest BCUT2D eigenvalue weighted by Gasteiger charge is 2.05. The zero-order chi connectivity index (χ0) is 10.4. The van der Waals surface area contributed by atoms with Crippen molar-refractivity contribution in [2.45, 2.75) is 25.7 Å². The Balaban J connectivity index is 0.000000203. The van der Waals surface area contributed by atoms with Gasteiger partial charge in [-0.2, -0.15) is 0 Å². The van der Waals surface area contributed by atoms with Crippen molar-refractivity contribution in [1.82, 2.24) is 4.57 Å². The van der Waals surface area contributed by atoms with Crippen LogP contribution in [0.4, 0.5) is 0 Å². The Bertz CT molecular complexity index is 309. The average Bonchev–Trinajstić information content (AvgIpc) is 2.47. The largest absolute Gasteiger partial charge is 0.477 e. The van der Waals surface area contributed by atoms with E-state index in [0.29, 0.717) is 6.41 Å². The van der Waals surface area contributed by atoms with E-state index in [2.05, 4.69) is 0 Å². The molecule has 0 aliphatic heterocycles. The number of carboxylic acids is 1. The summed E-state index contributed by atoms with van der Waals surface area (Å²) in [6.07, 6.45) is 7.83. The van der Waals surface area contributed by atoms with Gasteiger partial charge in [0.15, 0.2) is 0 Å². The standard InChI is InChI=1S/C6H5NO3.C4H8/c8-4-7-3-1-2-5(7)6(9)10;1-2-4-3-1/h1-4H,(H,9,10);1-4H2. The van der Waals surface area contributed by atoms with Crippen molar-refractivity contribution >= 4 is 12.4 Å². The lowest BCUT2D eigenvalue weighted by Gasteiger charge is -2.05. The van der Waals surface area contributed by atoms with Crippen molar-refractivity contribution in [3.8, 4) is 0 Å². The Kier molecular flexibility index (Phi) is 3.91. The molecular formula is C10H13NO3. The number of carbonyl (C=O) groups excluding carboxylic acids is 1. The van der Waals surface area contributed by atoms with Crippen LogP contribution in [0.5, 0.6) is 0 Å². The number of rotatable bonds is 2. The van der Waals surface area contributed by atoms with Gasteiger partial charge in [-0.3, -0.25) is 9.36 Å². The molecule has 4 nitrogen and oxygen atoms in total. The van der Waals surface area contributed by atoms with E-state index in [9.17, 15) is 9.59 Å². The van der Waals surface area contributed by atoms with Gasteiger partial charge in [0.05, 0.1) is 0 Å². The Labute approximate surface area is 82.2 Å². The van der Waals surface area contributed by atoms with Crippen LogP contribution in [-0.4, -0.2) is 22.1 Å². The summed E-state index contributed by atoms with van der Waals surface area (Å²) in [4.78, 5) is 20.4. The van der Waals surface area contributed by atoms with E-state index >= 15 is 0 Å². The molecule has 2 rings (SSSR count). The molecule has 0 spiro atoms. The van der Waals surface area contributed by atoms with E-state index < -0.39 is 5.97 Å². The summed E-state index contributed by atoms with van der Waals surface area (Å²) in [5.74, 6) is -1.10. The Hall–Kier alpha value is -1.58. The highest BCUT2D eigenvalue weighted by atomic mass is 16.4. The van der Waals surface area contributed by atoms with Gasteiger partial charge in [-0.25, -0.2) is 4.79 Å². The fourth-order valence-corrected chi connectivity index (χ4v) is 0.917. The SMILES string of the molecule is C1CCC1.O=Cn1cccc1C(=O)O. The molecule has 0 amide bonds.